The SMILES string of the molecule is CC(C)CNC(=O)[C@H](C)N(Cc1ccc(Cl)cc1Cl)C(=O)CN(c1ccccc1C(C)C)S(C)(=O)=O. The van der Waals surface area contributed by atoms with E-state index in [0.717, 1.165) is 16.1 Å². The molecule has 0 aliphatic heterocycles. The van der Waals surface area contributed by atoms with Crippen molar-refractivity contribution in [3.8, 4) is 0 Å². The monoisotopic (exact) mass is 555 g/mol. The lowest BCUT2D eigenvalue weighted by molar-refractivity contribution is -0.139. The van der Waals surface area contributed by atoms with Gasteiger partial charge in [-0.3, -0.25) is 13.9 Å². The highest BCUT2D eigenvalue weighted by molar-refractivity contribution is 7.92. The zero-order chi connectivity index (χ0) is 27.2. The number of hydrogen-bond acceptors (Lipinski definition) is 4. The molecular weight excluding hydrogens is 521 g/mol. The van der Waals surface area contributed by atoms with E-state index in [9.17, 15) is 18.0 Å². The number of rotatable bonds is 11. The minimum atomic E-state index is -3.81. The summed E-state index contributed by atoms with van der Waals surface area (Å²) in [6, 6.07) is 11.1. The quantitative estimate of drug-likeness (QED) is 0.419. The van der Waals surface area contributed by atoms with Crippen molar-refractivity contribution < 1.29 is 18.0 Å². The minimum Gasteiger partial charge on any atom is -0.354 e. The van der Waals surface area contributed by atoms with Crippen molar-refractivity contribution in [3.63, 3.8) is 0 Å². The number of benzene rings is 2. The third kappa shape index (κ3) is 8.11. The molecule has 0 spiro atoms. The third-order valence-corrected chi connectivity index (χ3v) is 7.43. The minimum absolute atomic E-state index is 0.00846. The number of amides is 2. The second kappa shape index (κ2) is 12.8. The van der Waals surface area contributed by atoms with Gasteiger partial charge >= 0.3 is 0 Å². The fourth-order valence-electron chi connectivity index (χ4n) is 3.67. The number of nitrogens with zero attached hydrogens (tertiary/aromatic N) is 2. The second-order valence-electron chi connectivity index (χ2n) is 9.56. The predicted octanol–water partition coefficient (Wildman–Crippen LogP) is 5.07. The van der Waals surface area contributed by atoms with Crippen LogP contribution in [0.5, 0.6) is 0 Å². The van der Waals surface area contributed by atoms with Crippen LogP contribution in [0.3, 0.4) is 0 Å². The van der Waals surface area contributed by atoms with Crippen LogP contribution >= 0.6 is 23.2 Å². The van der Waals surface area contributed by atoms with E-state index in [1.54, 1.807) is 37.3 Å². The van der Waals surface area contributed by atoms with Crippen LogP contribution < -0.4 is 9.62 Å². The lowest BCUT2D eigenvalue weighted by atomic mass is 10.0. The summed E-state index contributed by atoms with van der Waals surface area (Å²) in [7, 11) is -3.81. The zero-order valence-corrected chi connectivity index (χ0v) is 23.9. The molecule has 2 aromatic rings. The van der Waals surface area contributed by atoms with Crippen LogP contribution in [-0.2, 0) is 26.2 Å². The Bertz CT molecular complexity index is 1190. The Kier molecular flexibility index (Phi) is 10.6. The van der Waals surface area contributed by atoms with E-state index in [1.807, 2.05) is 39.8 Å². The number of carbonyl (C=O) groups is 2. The van der Waals surface area contributed by atoms with Gasteiger partial charge in [0.1, 0.15) is 12.6 Å². The molecule has 0 saturated carbocycles. The van der Waals surface area contributed by atoms with Gasteiger partial charge in [-0.2, -0.15) is 0 Å². The molecule has 7 nitrogen and oxygen atoms in total. The highest BCUT2D eigenvalue weighted by Crippen LogP contribution is 2.29. The summed E-state index contributed by atoms with van der Waals surface area (Å²) in [5, 5.41) is 3.64. The first-order chi connectivity index (χ1) is 16.7. The van der Waals surface area contributed by atoms with Gasteiger partial charge in [-0.1, -0.05) is 75.2 Å². The van der Waals surface area contributed by atoms with E-state index in [1.165, 1.54) is 4.90 Å². The van der Waals surface area contributed by atoms with Crippen LogP contribution in [0, 0.1) is 5.92 Å². The van der Waals surface area contributed by atoms with E-state index >= 15 is 0 Å². The first-order valence-electron chi connectivity index (χ1n) is 11.8. The summed E-state index contributed by atoms with van der Waals surface area (Å²) in [6.07, 6.45) is 1.07. The van der Waals surface area contributed by atoms with E-state index in [4.69, 9.17) is 23.2 Å². The molecule has 0 radical (unpaired) electrons. The van der Waals surface area contributed by atoms with Crippen LogP contribution in [0.2, 0.25) is 10.0 Å². The maximum Gasteiger partial charge on any atom is 0.244 e. The van der Waals surface area contributed by atoms with Crippen molar-refractivity contribution in [1.29, 1.82) is 0 Å². The van der Waals surface area contributed by atoms with E-state index < -0.39 is 28.5 Å². The predicted molar refractivity (Wildman–Crippen MR) is 147 cm³/mol. The van der Waals surface area contributed by atoms with Gasteiger partial charge in [-0.25, -0.2) is 8.42 Å². The van der Waals surface area contributed by atoms with Gasteiger partial charge in [-0.05, 0) is 48.1 Å². The summed E-state index contributed by atoms with van der Waals surface area (Å²) in [5.41, 5.74) is 1.82. The van der Waals surface area contributed by atoms with Crippen LogP contribution in [0.15, 0.2) is 42.5 Å². The van der Waals surface area contributed by atoms with Crippen molar-refractivity contribution in [2.45, 2.75) is 53.1 Å². The maximum atomic E-state index is 13.7. The largest absolute Gasteiger partial charge is 0.354 e. The topological polar surface area (TPSA) is 86.8 Å². The van der Waals surface area contributed by atoms with Gasteiger partial charge in [0.25, 0.3) is 0 Å². The number of nitrogens with one attached hydrogen (secondary N) is 1. The van der Waals surface area contributed by atoms with E-state index in [-0.39, 0.29) is 24.3 Å². The summed E-state index contributed by atoms with van der Waals surface area (Å²) in [4.78, 5) is 28.0. The van der Waals surface area contributed by atoms with Gasteiger partial charge in [0.2, 0.25) is 21.8 Å². The Hall–Kier alpha value is -2.29. The molecule has 0 unspecified atom stereocenters. The van der Waals surface area contributed by atoms with E-state index in [2.05, 4.69) is 5.32 Å². The van der Waals surface area contributed by atoms with Crippen LogP contribution in [0.1, 0.15) is 51.7 Å². The molecule has 0 bridgehead atoms. The average molecular weight is 557 g/mol. The molecule has 0 heterocycles. The Labute approximate surface area is 224 Å². The molecule has 0 aromatic heterocycles. The van der Waals surface area contributed by atoms with Gasteiger partial charge in [0.15, 0.2) is 0 Å². The Morgan fingerprint density at radius 2 is 1.64 bits per heavy atom. The Morgan fingerprint density at radius 3 is 2.19 bits per heavy atom. The van der Waals surface area contributed by atoms with Crippen molar-refractivity contribution in [3.05, 3.63) is 63.6 Å². The molecule has 1 N–H and O–H groups in total. The lowest BCUT2D eigenvalue weighted by Crippen LogP contribution is -2.51. The lowest BCUT2D eigenvalue weighted by Gasteiger charge is -2.32. The van der Waals surface area contributed by atoms with E-state index in [0.29, 0.717) is 27.8 Å². The molecule has 2 rings (SSSR count). The average Bonchev–Trinajstić information content (AvgIpc) is 2.79. The van der Waals surface area contributed by atoms with Gasteiger partial charge in [0, 0.05) is 23.1 Å². The molecule has 10 heteroatoms. The fourth-order valence-corrected chi connectivity index (χ4v) is 5.00. The number of hydrogen-bond donors (Lipinski definition) is 1. The highest BCUT2D eigenvalue weighted by atomic mass is 35.5. The highest BCUT2D eigenvalue weighted by Gasteiger charge is 2.31. The standard InChI is InChI=1S/C26H35Cl2N3O4S/c1-17(2)14-29-26(33)19(5)30(15-20-11-12-21(27)13-23(20)28)25(32)16-31(36(6,34)35)24-10-8-7-9-22(24)18(3)4/h7-13,17-19H,14-16H2,1-6H3,(H,29,33)/t19-/m0/s1. The van der Waals surface area contributed by atoms with Crippen molar-refractivity contribution in [1.82, 2.24) is 10.2 Å². The summed E-state index contributed by atoms with van der Waals surface area (Å²) in [6.45, 7) is 9.46. The number of carbonyl (C=O) groups excluding carboxylic acids is 2. The van der Waals surface area contributed by atoms with Gasteiger partial charge in [0.05, 0.1) is 11.9 Å². The molecular formula is C26H35Cl2N3O4S. The number of para-hydroxylation sites is 1. The summed E-state index contributed by atoms with van der Waals surface area (Å²) < 4.78 is 26.8. The third-order valence-electron chi connectivity index (χ3n) is 5.71. The summed E-state index contributed by atoms with van der Waals surface area (Å²) in [5.74, 6) is -0.609. The number of halogens is 2. The Morgan fingerprint density at radius 1 is 1.00 bits per heavy atom. The normalized spacial score (nSPS) is 12.5. The molecule has 198 valence electrons. The first-order valence-corrected chi connectivity index (χ1v) is 14.4. The first kappa shape index (κ1) is 29.9. The molecule has 0 saturated heterocycles. The number of sulfonamides is 1. The van der Waals surface area contributed by atoms with Crippen molar-refractivity contribution >= 4 is 50.7 Å². The fraction of sp³-hybridized carbons (Fsp3) is 0.462. The molecule has 1 atom stereocenters. The van der Waals surface area contributed by atoms with Gasteiger partial charge in [-0.15, -0.1) is 0 Å². The molecule has 0 aliphatic rings. The van der Waals surface area contributed by atoms with Crippen LogP contribution in [0.25, 0.3) is 0 Å². The van der Waals surface area contributed by atoms with Crippen molar-refractivity contribution in [2.75, 3.05) is 23.7 Å². The van der Waals surface area contributed by atoms with Crippen LogP contribution in [0.4, 0.5) is 5.69 Å². The molecule has 2 amide bonds. The smallest absolute Gasteiger partial charge is 0.244 e. The number of anilines is 1. The molecule has 2 aromatic carbocycles. The molecule has 36 heavy (non-hydrogen) atoms. The molecule has 0 fully saturated rings. The van der Waals surface area contributed by atoms with Gasteiger partial charge < -0.3 is 10.2 Å². The van der Waals surface area contributed by atoms with Crippen LogP contribution in [-0.4, -0.2) is 50.5 Å². The zero-order valence-electron chi connectivity index (χ0n) is 21.6. The summed E-state index contributed by atoms with van der Waals surface area (Å²) >= 11 is 12.4. The van der Waals surface area contributed by atoms with Crippen molar-refractivity contribution in [2.24, 2.45) is 5.92 Å². The Balaban J connectivity index is 2.47. The molecule has 0 aliphatic carbocycles. The second-order valence-corrected chi connectivity index (χ2v) is 12.3. The maximum absolute atomic E-state index is 13.7.